The first-order valence-electron chi connectivity index (χ1n) is 10.2. The maximum atomic E-state index is 10.9. The molecule has 3 rings (SSSR count). The van der Waals surface area contributed by atoms with E-state index in [0.717, 1.165) is 29.5 Å². The van der Waals surface area contributed by atoms with E-state index in [4.69, 9.17) is 4.74 Å². The van der Waals surface area contributed by atoms with Crippen molar-refractivity contribution in [2.75, 3.05) is 13.2 Å². The molecular formula is C22H31NO6. The summed E-state index contributed by atoms with van der Waals surface area (Å²) in [5, 5.41) is 30.1. The smallest absolute Gasteiger partial charge is 0.294 e. The molecule has 2 N–H and O–H groups in total. The fourth-order valence-corrected chi connectivity index (χ4v) is 4.78. The lowest BCUT2D eigenvalue weighted by Gasteiger charge is -2.47. The maximum absolute atomic E-state index is 10.9. The van der Waals surface area contributed by atoms with Gasteiger partial charge >= 0.3 is 0 Å². The lowest BCUT2D eigenvalue weighted by Crippen LogP contribution is -2.45. The second-order valence-corrected chi connectivity index (χ2v) is 9.33. The molecule has 7 nitrogen and oxygen atoms in total. The molecule has 2 atom stereocenters. The summed E-state index contributed by atoms with van der Waals surface area (Å²) in [5.41, 5.74) is 2.07. The summed E-state index contributed by atoms with van der Waals surface area (Å²) in [6.07, 6.45) is 4.84. The van der Waals surface area contributed by atoms with Gasteiger partial charge in [0, 0.05) is 17.4 Å². The number of phenolic OH excluding ortho intramolecular Hbond substituents is 1. The van der Waals surface area contributed by atoms with E-state index in [0.29, 0.717) is 18.6 Å². The van der Waals surface area contributed by atoms with Crippen molar-refractivity contribution in [3.63, 3.8) is 0 Å². The van der Waals surface area contributed by atoms with Crippen molar-refractivity contribution in [3.05, 3.63) is 45.0 Å². The van der Waals surface area contributed by atoms with Crippen LogP contribution in [0.3, 0.4) is 0 Å². The largest absolute Gasteiger partial charge is 0.508 e. The van der Waals surface area contributed by atoms with Crippen LogP contribution in [0.15, 0.2) is 23.8 Å². The van der Waals surface area contributed by atoms with Gasteiger partial charge in [0.05, 0.1) is 13.2 Å². The molecule has 160 valence electrons. The van der Waals surface area contributed by atoms with E-state index in [1.165, 1.54) is 0 Å². The number of aliphatic hydroxyl groups is 1. The van der Waals surface area contributed by atoms with Gasteiger partial charge in [-0.15, -0.1) is 10.1 Å². The molecule has 2 aliphatic rings. The summed E-state index contributed by atoms with van der Waals surface area (Å²) in [6.45, 7) is 8.34. The highest BCUT2D eigenvalue weighted by Crippen LogP contribution is 2.54. The Morgan fingerprint density at radius 2 is 2.10 bits per heavy atom. The quantitative estimate of drug-likeness (QED) is 0.304. The van der Waals surface area contributed by atoms with Crippen molar-refractivity contribution in [3.8, 4) is 11.5 Å². The lowest BCUT2D eigenvalue weighted by molar-refractivity contribution is -0.757. The van der Waals surface area contributed by atoms with Gasteiger partial charge in [0.25, 0.3) is 5.09 Å². The highest BCUT2D eigenvalue weighted by atomic mass is 16.9. The molecule has 0 saturated heterocycles. The number of aromatic hydroxyl groups is 1. The summed E-state index contributed by atoms with van der Waals surface area (Å²) in [7, 11) is 0. The summed E-state index contributed by atoms with van der Waals surface area (Å²) >= 11 is 0. The Morgan fingerprint density at radius 1 is 1.38 bits per heavy atom. The average Bonchev–Trinajstić information content (AvgIpc) is 2.63. The van der Waals surface area contributed by atoms with Gasteiger partial charge in [-0.2, -0.15) is 0 Å². The van der Waals surface area contributed by atoms with E-state index in [9.17, 15) is 20.3 Å². The maximum Gasteiger partial charge on any atom is 0.294 e. The predicted octanol–water partition coefficient (Wildman–Crippen LogP) is 4.24. The Labute approximate surface area is 171 Å². The average molecular weight is 405 g/mol. The van der Waals surface area contributed by atoms with Crippen molar-refractivity contribution in [1.82, 2.24) is 0 Å². The highest BCUT2D eigenvalue weighted by Gasteiger charge is 2.46. The number of hydrogen-bond donors (Lipinski definition) is 2. The van der Waals surface area contributed by atoms with E-state index in [1.54, 1.807) is 6.07 Å². The van der Waals surface area contributed by atoms with Crippen LogP contribution in [0.2, 0.25) is 0 Å². The van der Waals surface area contributed by atoms with Crippen molar-refractivity contribution in [2.45, 2.75) is 70.3 Å². The third kappa shape index (κ3) is 4.34. The van der Waals surface area contributed by atoms with Gasteiger partial charge in [0.1, 0.15) is 17.1 Å². The van der Waals surface area contributed by atoms with E-state index in [1.807, 2.05) is 19.9 Å². The first-order valence-corrected chi connectivity index (χ1v) is 10.2. The summed E-state index contributed by atoms with van der Waals surface area (Å²) in [5.74, 6) is 1.25. The van der Waals surface area contributed by atoms with Crippen LogP contribution in [0.1, 0.15) is 70.4 Å². The van der Waals surface area contributed by atoms with Crippen LogP contribution in [0.4, 0.5) is 0 Å². The van der Waals surface area contributed by atoms with E-state index in [2.05, 4.69) is 24.8 Å². The molecule has 1 aliphatic carbocycles. The molecule has 0 unspecified atom stereocenters. The number of hydrogen-bond acceptors (Lipinski definition) is 6. The summed E-state index contributed by atoms with van der Waals surface area (Å²) in [6, 6.07) is 3.79. The van der Waals surface area contributed by atoms with Crippen LogP contribution >= 0.6 is 0 Å². The molecule has 0 saturated carbocycles. The molecule has 7 heteroatoms. The number of fused-ring (bicyclic) bond motifs is 3. The van der Waals surface area contributed by atoms with Crippen LogP contribution in [0.25, 0.3) is 0 Å². The summed E-state index contributed by atoms with van der Waals surface area (Å²) in [4.78, 5) is 14.8. The fraction of sp³-hybridized carbons (Fsp3) is 0.636. The Hall–Kier alpha value is -2.28. The number of phenols is 1. The molecule has 0 amide bonds. The number of ether oxygens (including phenoxy) is 1. The topological polar surface area (TPSA) is 102 Å². The van der Waals surface area contributed by atoms with E-state index in [-0.39, 0.29) is 41.8 Å². The van der Waals surface area contributed by atoms with Crippen LogP contribution in [0, 0.1) is 16.0 Å². The molecule has 0 radical (unpaired) electrons. The molecule has 1 aliphatic heterocycles. The zero-order valence-corrected chi connectivity index (χ0v) is 17.6. The van der Waals surface area contributed by atoms with E-state index < -0.39 is 5.09 Å². The van der Waals surface area contributed by atoms with Crippen LogP contribution in [-0.2, 0) is 10.3 Å². The molecule has 29 heavy (non-hydrogen) atoms. The Kier molecular flexibility index (Phi) is 5.81. The third-order valence-corrected chi connectivity index (χ3v) is 6.51. The van der Waals surface area contributed by atoms with Crippen LogP contribution in [-0.4, -0.2) is 34.1 Å². The number of allylic oxidation sites excluding steroid dienone is 1. The zero-order valence-electron chi connectivity index (χ0n) is 17.6. The van der Waals surface area contributed by atoms with Crippen molar-refractivity contribution >= 4 is 0 Å². The Balaban J connectivity index is 1.90. The number of nitrogens with zero attached hydrogens (tertiary/aromatic N) is 1. The zero-order chi connectivity index (χ0) is 21.4. The second-order valence-electron chi connectivity index (χ2n) is 9.33. The lowest BCUT2D eigenvalue weighted by atomic mass is 9.66. The number of aliphatic hydroxyl groups excluding tert-OH is 1. The third-order valence-electron chi connectivity index (χ3n) is 6.51. The molecule has 1 aromatic carbocycles. The number of benzene rings is 1. The van der Waals surface area contributed by atoms with Crippen molar-refractivity contribution in [1.29, 1.82) is 0 Å². The standard InChI is InChI=1S/C22H31NO6/c1-21(2,8-5-9-28-23(26)27)15-11-18(25)20-16-10-14(13-24)6-7-17(16)22(3,4)29-19(20)12-15/h6,11-12,16-17,24-25H,5,7-10,13H2,1-4H3/t16-,17-/m1/s1. The predicted molar refractivity (Wildman–Crippen MR) is 109 cm³/mol. The molecule has 1 aromatic rings. The van der Waals surface area contributed by atoms with Crippen molar-refractivity contribution < 1.29 is 24.9 Å². The van der Waals surface area contributed by atoms with Gasteiger partial charge in [0.2, 0.25) is 0 Å². The molecule has 1 heterocycles. The van der Waals surface area contributed by atoms with Gasteiger partial charge in [-0.25, -0.2) is 0 Å². The molecular weight excluding hydrogens is 374 g/mol. The van der Waals surface area contributed by atoms with Gasteiger partial charge in [-0.3, -0.25) is 0 Å². The molecule has 0 spiro atoms. The summed E-state index contributed by atoms with van der Waals surface area (Å²) < 4.78 is 6.37. The number of rotatable bonds is 7. The van der Waals surface area contributed by atoms with Gasteiger partial charge < -0.3 is 19.8 Å². The monoisotopic (exact) mass is 405 g/mol. The normalized spacial score (nSPS) is 22.7. The Morgan fingerprint density at radius 3 is 2.76 bits per heavy atom. The van der Waals surface area contributed by atoms with Crippen molar-refractivity contribution in [2.24, 2.45) is 5.92 Å². The fourth-order valence-electron chi connectivity index (χ4n) is 4.78. The highest BCUT2D eigenvalue weighted by molar-refractivity contribution is 5.54. The second kappa shape index (κ2) is 7.86. The SMILES string of the molecule is CC(C)(CCCO[N+](=O)[O-])c1cc(O)c2c(c1)OC(C)(C)[C@@H]1CC=C(CO)C[C@@H]21. The minimum absolute atomic E-state index is 0.0396. The molecule has 0 fully saturated rings. The first kappa shape index (κ1) is 21.4. The Bertz CT molecular complexity index is 814. The molecule has 0 bridgehead atoms. The van der Waals surface area contributed by atoms with E-state index >= 15 is 0 Å². The van der Waals surface area contributed by atoms with Crippen LogP contribution in [0.5, 0.6) is 11.5 Å². The van der Waals surface area contributed by atoms with Gasteiger partial charge in [-0.1, -0.05) is 19.9 Å². The van der Waals surface area contributed by atoms with Crippen LogP contribution < -0.4 is 4.74 Å². The van der Waals surface area contributed by atoms with Gasteiger partial charge in [-0.05, 0) is 68.2 Å². The molecule has 0 aromatic heterocycles. The van der Waals surface area contributed by atoms with Gasteiger partial charge in [0.15, 0.2) is 0 Å². The minimum Gasteiger partial charge on any atom is -0.508 e. The first-order chi connectivity index (χ1) is 13.5. The minimum atomic E-state index is -0.774.